The third-order valence-corrected chi connectivity index (χ3v) is 2.89. The summed E-state index contributed by atoms with van der Waals surface area (Å²) in [4.78, 5) is 4.20. The molecule has 2 heterocycles. The van der Waals surface area contributed by atoms with Crippen LogP contribution in [0, 0.1) is 0 Å². The third-order valence-electron chi connectivity index (χ3n) is 2.11. The molecule has 2 aromatic rings. The molecule has 2 rings (SSSR count). The molecule has 0 atom stereocenters. The largest absolute Gasteiger partial charge is 0.310 e. The quantitative estimate of drug-likeness (QED) is 0.773. The lowest BCUT2D eigenvalue weighted by Gasteiger charge is -2.00. The predicted octanol–water partition coefficient (Wildman–Crippen LogP) is 1.21. The molecular weight excluding hydrogens is 208 g/mol. The zero-order valence-electron chi connectivity index (χ0n) is 8.68. The van der Waals surface area contributed by atoms with E-state index in [9.17, 15) is 0 Å². The Kier molecular flexibility index (Phi) is 3.47. The van der Waals surface area contributed by atoms with Crippen LogP contribution in [0.5, 0.6) is 0 Å². The summed E-state index contributed by atoms with van der Waals surface area (Å²) in [6.07, 6.45) is 6.80. The maximum Gasteiger partial charge on any atom is 0.106 e. The Hall–Kier alpha value is -1.20. The average Bonchev–Trinajstić information content (AvgIpc) is 2.84. The Balaban J connectivity index is 1.67. The van der Waals surface area contributed by atoms with Crippen molar-refractivity contribution >= 4 is 11.3 Å². The number of aromatic nitrogens is 3. The summed E-state index contributed by atoms with van der Waals surface area (Å²) in [7, 11) is 1.94. The first kappa shape index (κ1) is 10.3. The van der Waals surface area contributed by atoms with Crippen LogP contribution in [0.15, 0.2) is 24.0 Å². The second kappa shape index (κ2) is 5.04. The van der Waals surface area contributed by atoms with E-state index in [0.717, 1.165) is 24.5 Å². The van der Waals surface area contributed by atoms with Crippen molar-refractivity contribution in [2.24, 2.45) is 7.05 Å². The maximum atomic E-state index is 4.20. The number of thiazole rings is 1. The van der Waals surface area contributed by atoms with Crippen LogP contribution in [-0.4, -0.2) is 21.3 Å². The number of nitrogens with one attached hydrogen (secondary N) is 1. The molecule has 0 aliphatic rings. The lowest BCUT2D eigenvalue weighted by atomic mass is 10.2. The summed E-state index contributed by atoms with van der Waals surface area (Å²) in [6, 6.07) is 0. The minimum atomic E-state index is 0.859. The van der Waals surface area contributed by atoms with Crippen molar-refractivity contribution in [2.75, 3.05) is 6.54 Å². The minimum absolute atomic E-state index is 0.859. The van der Waals surface area contributed by atoms with Crippen LogP contribution in [0.1, 0.15) is 10.6 Å². The number of nitrogens with zero attached hydrogens (tertiary/aromatic N) is 3. The molecule has 2 aromatic heterocycles. The summed E-state index contributed by atoms with van der Waals surface area (Å²) < 4.78 is 1.83. The van der Waals surface area contributed by atoms with Crippen LogP contribution < -0.4 is 5.32 Å². The van der Waals surface area contributed by atoms with Crippen LogP contribution in [-0.2, 0) is 20.0 Å². The van der Waals surface area contributed by atoms with Crippen molar-refractivity contribution in [3.8, 4) is 0 Å². The van der Waals surface area contributed by atoms with Gasteiger partial charge >= 0.3 is 0 Å². The molecule has 80 valence electrons. The van der Waals surface area contributed by atoms with Crippen molar-refractivity contribution in [3.05, 3.63) is 34.5 Å². The SMILES string of the molecule is Cn1cc(CCNCc2nccs2)cn1. The first-order valence-electron chi connectivity index (χ1n) is 4.91. The summed E-state index contributed by atoms with van der Waals surface area (Å²) in [5.74, 6) is 0. The molecule has 0 fully saturated rings. The van der Waals surface area contributed by atoms with Crippen LogP contribution in [0.25, 0.3) is 0 Å². The summed E-state index contributed by atoms with van der Waals surface area (Å²) >= 11 is 1.68. The molecule has 1 N–H and O–H groups in total. The van der Waals surface area contributed by atoms with Gasteiger partial charge in [-0.1, -0.05) is 0 Å². The van der Waals surface area contributed by atoms with E-state index >= 15 is 0 Å². The fourth-order valence-electron chi connectivity index (χ4n) is 1.37. The molecule has 0 spiro atoms. The molecule has 0 unspecified atom stereocenters. The van der Waals surface area contributed by atoms with Gasteiger partial charge in [-0.25, -0.2) is 4.98 Å². The Morgan fingerprint density at radius 1 is 1.53 bits per heavy atom. The Labute approximate surface area is 93.0 Å². The highest BCUT2D eigenvalue weighted by Crippen LogP contribution is 2.02. The fraction of sp³-hybridized carbons (Fsp3) is 0.400. The molecule has 0 amide bonds. The first-order valence-corrected chi connectivity index (χ1v) is 5.79. The highest BCUT2D eigenvalue weighted by atomic mass is 32.1. The van der Waals surface area contributed by atoms with E-state index in [1.165, 1.54) is 5.56 Å². The molecule has 4 nitrogen and oxygen atoms in total. The molecule has 0 aromatic carbocycles. The second-order valence-electron chi connectivity index (χ2n) is 3.37. The molecule has 0 aliphatic heterocycles. The van der Waals surface area contributed by atoms with Gasteiger partial charge in [0.15, 0.2) is 0 Å². The van der Waals surface area contributed by atoms with Crippen molar-refractivity contribution in [2.45, 2.75) is 13.0 Å². The topological polar surface area (TPSA) is 42.7 Å². The van der Waals surface area contributed by atoms with Crippen LogP contribution >= 0.6 is 11.3 Å². The van der Waals surface area contributed by atoms with E-state index in [0.29, 0.717) is 0 Å². The first-order chi connectivity index (χ1) is 7.34. The third kappa shape index (κ3) is 3.14. The van der Waals surface area contributed by atoms with Gasteiger partial charge in [-0.15, -0.1) is 11.3 Å². The van der Waals surface area contributed by atoms with E-state index in [4.69, 9.17) is 0 Å². The van der Waals surface area contributed by atoms with Gasteiger partial charge in [0.2, 0.25) is 0 Å². The van der Waals surface area contributed by atoms with Gasteiger partial charge in [0.25, 0.3) is 0 Å². The Morgan fingerprint density at radius 3 is 3.13 bits per heavy atom. The zero-order valence-corrected chi connectivity index (χ0v) is 9.50. The molecule has 5 heteroatoms. The van der Waals surface area contributed by atoms with Gasteiger partial charge in [0, 0.05) is 31.4 Å². The monoisotopic (exact) mass is 222 g/mol. The zero-order chi connectivity index (χ0) is 10.5. The number of hydrogen-bond donors (Lipinski definition) is 1. The molecule has 15 heavy (non-hydrogen) atoms. The molecule has 0 bridgehead atoms. The molecule has 0 aliphatic carbocycles. The van der Waals surface area contributed by atoms with Gasteiger partial charge in [-0.05, 0) is 18.5 Å². The number of rotatable bonds is 5. The summed E-state index contributed by atoms with van der Waals surface area (Å²) in [5, 5.41) is 10.6. The van der Waals surface area contributed by atoms with Crippen molar-refractivity contribution in [1.29, 1.82) is 0 Å². The summed E-state index contributed by atoms with van der Waals surface area (Å²) in [6.45, 7) is 1.82. The van der Waals surface area contributed by atoms with E-state index in [1.54, 1.807) is 11.3 Å². The predicted molar refractivity (Wildman–Crippen MR) is 60.7 cm³/mol. The van der Waals surface area contributed by atoms with E-state index in [-0.39, 0.29) is 0 Å². The van der Waals surface area contributed by atoms with Gasteiger partial charge in [-0.3, -0.25) is 4.68 Å². The van der Waals surface area contributed by atoms with Gasteiger partial charge in [0.1, 0.15) is 5.01 Å². The van der Waals surface area contributed by atoms with Gasteiger partial charge in [-0.2, -0.15) is 5.10 Å². The van der Waals surface area contributed by atoms with Crippen molar-refractivity contribution in [3.63, 3.8) is 0 Å². The van der Waals surface area contributed by atoms with Gasteiger partial charge in [0.05, 0.1) is 6.20 Å². The lowest BCUT2D eigenvalue weighted by Crippen LogP contribution is -2.16. The van der Waals surface area contributed by atoms with Crippen molar-refractivity contribution in [1.82, 2.24) is 20.1 Å². The minimum Gasteiger partial charge on any atom is -0.310 e. The number of aryl methyl sites for hydroxylation is 1. The van der Waals surface area contributed by atoms with Crippen LogP contribution in [0.2, 0.25) is 0 Å². The van der Waals surface area contributed by atoms with Gasteiger partial charge < -0.3 is 5.32 Å². The Morgan fingerprint density at radius 2 is 2.47 bits per heavy atom. The second-order valence-corrected chi connectivity index (χ2v) is 4.35. The smallest absolute Gasteiger partial charge is 0.106 e. The molecule has 0 radical (unpaired) electrons. The maximum absolute atomic E-state index is 4.20. The standard InChI is InChI=1S/C10H14N4S/c1-14-8-9(6-13-14)2-3-11-7-10-12-4-5-15-10/h4-6,8,11H,2-3,7H2,1H3. The lowest BCUT2D eigenvalue weighted by molar-refractivity contribution is 0.683. The Bertz CT molecular complexity index is 393. The van der Waals surface area contributed by atoms with Crippen molar-refractivity contribution < 1.29 is 0 Å². The van der Waals surface area contributed by atoms with E-state index < -0.39 is 0 Å². The van der Waals surface area contributed by atoms with Crippen LogP contribution in [0.3, 0.4) is 0 Å². The average molecular weight is 222 g/mol. The highest BCUT2D eigenvalue weighted by molar-refractivity contribution is 7.09. The fourth-order valence-corrected chi connectivity index (χ4v) is 1.96. The molecular formula is C10H14N4S. The van der Waals surface area contributed by atoms with E-state index in [1.807, 2.05) is 35.7 Å². The normalized spacial score (nSPS) is 10.7. The molecule has 0 saturated carbocycles. The molecule has 0 saturated heterocycles. The summed E-state index contributed by atoms with van der Waals surface area (Å²) in [5.41, 5.74) is 1.27. The van der Waals surface area contributed by atoms with E-state index in [2.05, 4.69) is 15.4 Å². The number of hydrogen-bond acceptors (Lipinski definition) is 4. The van der Waals surface area contributed by atoms with Crippen LogP contribution in [0.4, 0.5) is 0 Å². The highest BCUT2D eigenvalue weighted by Gasteiger charge is 1.97.